The second-order valence-electron chi connectivity index (χ2n) is 6.52. The van der Waals surface area contributed by atoms with Crippen LogP contribution in [-0.2, 0) is 13.1 Å². The van der Waals surface area contributed by atoms with Gasteiger partial charge in [-0.25, -0.2) is 9.78 Å². The second kappa shape index (κ2) is 6.64. The molecular weight excluding hydrogens is 376 g/mol. The molecule has 10 heteroatoms. The van der Waals surface area contributed by atoms with Crippen LogP contribution in [0.1, 0.15) is 10.8 Å². The minimum absolute atomic E-state index is 0.209. The maximum absolute atomic E-state index is 12.6. The van der Waals surface area contributed by atoms with Gasteiger partial charge in [0.1, 0.15) is 15.8 Å². The Morgan fingerprint density at radius 2 is 2.07 bits per heavy atom. The Balaban J connectivity index is 1.38. The fourth-order valence-corrected chi connectivity index (χ4v) is 3.88. The van der Waals surface area contributed by atoms with E-state index in [-0.39, 0.29) is 6.03 Å². The van der Waals surface area contributed by atoms with Gasteiger partial charge in [0.2, 0.25) is 0 Å². The highest BCUT2D eigenvalue weighted by Crippen LogP contribution is 2.26. The Morgan fingerprint density at radius 3 is 2.93 bits per heavy atom. The van der Waals surface area contributed by atoms with Crippen LogP contribution in [0.5, 0.6) is 0 Å². The number of aryl methyl sites for hydroxylation is 1. The zero-order valence-electron chi connectivity index (χ0n) is 15.0. The largest absolute Gasteiger partial charge is 0.332 e. The first-order valence-corrected chi connectivity index (χ1v) is 9.61. The van der Waals surface area contributed by atoms with Crippen molar-refractivity contribution in [3.63, 3.8) is 0 Å². The van der Waals surface area contributed by atoms with Crippen LogP contribution in [0.25, 0.3) is 21.5 Å². The molecular formula is C18H16N8OS. The molecule has 0 saturated heterocycles. The lowest BCUT2D eigenvalue weighted by atomic mass is 10.1. The number of aromatic nitrogens is 6. The molecule has 0 bridgehead atoms. The molecule has 1 aliphatic rings. The van der Waals surface area contributed by atoms with Crippen molar-refractivity contribution in [2.75, 3.05) is 11.9 Å². The number of rotatable bonds is 2. The summed E-state index contributed by atoms with van der Waals surface area (Å²) in [5, 5.41) is 22.1. The number of hydrogen-bond acceptors (Lipinski definition) is 7. The lowest BCUT2D eigenvalue weighted by molar-refractivity contribution is 0.195. The molecule has 2 amide bonds. The minimum atomic E-state index is -0.209. The third-order valence-electron chi connectivity index (χ3n) is 4.63. The molecule has 4 heterocycles. The summed E-state index contributed by atoms with van der Waals surface area (Å²) >= 11 is 1.54. The van der Waals surface area contributed by atoms with Crippen LogP contribution in [0.3, 0.4) is 0 Å². The number of imidazole rings is 1. The predicted molar refractivity (Wildman–Crippen MR) is 105 cm³/mol. The van der Waals surface area contributed by atoms with E-state index in [0.29, 0.717) is 18.9 Å². The molecule has 0 unspecified atom stereocenters. The Morgan fingerprint density at radius 1 is 1.14 bits per heavy atom. The van der Waals surface area contributed by atoms with Gasteiger partial charge in [-0.3, -0.25) is 5.32 Å². The Bertz CT molecular complexity index is 1180. The number of benzene rings is 1. The van der Waals surface area contributed by atoms with Gasteiger partial charge in [0.15, 0.2) is 5.82 Å². The van der Waals surface area contributed by atoms with Crippen LogP contribution in [0.4, 0.5) is 10.6 Å². The summed E-state index contributed by atoms with van der Waals surface area (Å²) in [6.07, 6.45) is 3.68. The van der Waals surface area contributed by atoms with E-state index >= 15 is 0 Å². The molecule has 140 valence electrons. The monoisotopic (exact) mass is 392 g/mol. The molecule has 1 N–H and O–H groups in total. The van der Waals surface area contributed by atoms with E-state index in [1.54, 1.807) is 11.1 Å². The summed E-state index contributed by atoms with van der Waals surface area (Å²) in [6, 6.07) is 7.44. The van der Waals surface area contributed by atoms with E-state index in [0.717, 1.165) is 38.9 Å². The van der Waals surface area contributed by atoms with Crippen LogP contribution in [-0.4, -0.2) is 47.4 Å². The van der Waals surface area contributed by atoms with E-state index in [9.17, 15) is 4.79 Å². The number of nitrogens with zero attached hydrogens (tertiary/aromatic N) is 7. The maximum atomic E-state index is 12.6. The fraction of sp³-hybridized carbons (Fsp3) is 0.222. The molecule has 9 nitrogen and oxygen atoms in total. The lowest BCUT2D eigenvalue weighted by Crippen LogP contribution is -2.40. The van der Waals surface area contributed by atoms with Gasteiger partial charge < -0.3 is 9.47 Å². The molecule has 0 spiro atoms. The average molecular weight is 392 g/mol. The van der Waals surface area contributed by atoms with Crippen LogP contribution in [0.15, 0.2) is 36.7 Å². The van der Waals surface area contributed by atoms with Crippen LogP contribution >= 0.6 is 11.3 Å². The molecule has 28 heavy (non-hydrogen) atoms. The summed E-state index contributed by atoms with van der Waals surface area (Å²) in [5.74, 6) is 1.29. The molecule has 1 aromatic carbocycles. The van der Waals surface area contributed by atoms with Gasteiger partial charge in [-0.2, -0.15) is 0 Å². The SMILES string of the molecule is Cc1nnc(-c2ccc3nnc(NC(=O)N4CCn5ccnc5C4)cc3c2)s1. The van der Waals surface area contributed by atoms with Gasteiger partial charge >= 0.3 is 6.03 Å². The van der Waals surface area contributed by atoms with Crippen molar-refractivity contribution in [3.8, 4) is 10.6 Å². The summed E-state index contributed by atoms with van der Waals surface area (Å²) in [5.41, 5.74) is 1.72. The van der Waals surface area contributed by atoms with Gasteiger partial charge in [-0.1, -0.05) is 11.3 Å². The number of carbonyl (C=O) groups is 1. The summed E-state index contributed by atoms with van der Waals surface area (Å²) < 4.78 is 2.05. The van der Waals surface area contributed by atoms with Gasteiger partial charge in [-0.15, -0.1) is 20.4 Å². The molecule has 1 aliphatic heterocycles. The zero-order valence-corrected chi connectivity index (χ0v) is 15.8. The quantitative estimate of drug-likeness (QED) is 0.563. The molecule has 0 atom stereocenters. The maximum Gasteiger partial charge on any atom is 0.323 e. The zero-order chi connectivity index (χ0) is 19.1. The highest BCUT2D eigenvalue weighted by Gasteiger charge is 2.21. The first kappa shape index (κ1) is 16.8. The fourth-order valence-electron chi connectivity index (χ4n) is 3.19. The number of anilines is 1. The number of urea groups is 1. The smallest absolute Gasteiger partial charge is 0.323 e. The third-order valence-corrected chi connectivity index (χ3v) is 5.51. The van der Waals surface area contributed by atoms with Gasteiger partial charge in [0.25, 0.3) is 0 Å². The van der Waals surface area contributed by atoms with Crippen molar-refractivity contribution in [1.29, 1.82) is 0 Å². The van der Waals surface area contributed by atoms with E-state index in [2.05, 4.69) is 35.3 Å². The van der Waals surface area contributed by atoms with Crippen molar-refractivity contribution in [3.05, 3.63) is 47.5 Å². The Kier molecular flexibility index (Phi) is 3.97. The van der Waals surface area contributed by atoms with Gasteiger partial charge in [0.05, 0.1) is 12.1 Å². The molecule has 3 aromatic heterocycles. The predicted octanol–water partition coefficient (Wildman–Crippen LogP) is 2.70. The number of hydrogen-bond donors (Lipinski definition) is 1. The number of nitrogens with one attached hydrogen (secondary N) is 1. The number of fused-ring (bicyclic) bond motifs is 2. The number of carbonyl (C=O) groups excluding carboxylic acids is 1. The number of amides is 2. The standard InChI is InChI=1S/C18H16N8OS/c1-11-21-24-17(28-11)12-2-3-14-13(8-12)9-15(23-22-14)20-18(27)26-7-6-25-5-4-19-16(25)10-26/h2-5,8-9H,6-7,10H2,1H3,(H,20,23,27). The van der Waals surface area contributed by atoms with E-state index in [4.69, 9.17) is 0 Å². The van der Waals surface area contributed by atoms with Gasteiger partial charge in [-0.05, 0) is 31.2 Å². The van der Waals surface area contributed by atoms with Crippen LogP contribution in [0.2, 0.25) is 0 Å². The summed E-state index contributed by atoms with van der Waals surface area (Å²) in [6.45, 7) is 3.75. The van der Waals surface area contributed by atoms with Crippen molar-refractivity contribution in [1.82, 2.24) is 34.8 Å². The van der Waals surface area contributed by atoms with Crippen molar-refractivity contribution >= 4 is 34.1 Å². The van der Waals surface area contributed by atoms with Crippen LogP contribution < -0.4 is 5.32 Å². The van der Waals surface area contributed by atoms with E-state index in [1.807, 2.05) is 37.4 Å². The lowest BCUT2D eigenvalue weighted by Gasteiger charge is -2.27. The molecule has 0 radical (unpaired) electrons. The van der Waals surface area contributed by atoms with Crippen molar-refractivity contribution in [2.24, 2.45) is 0 Å². The van der Waals surface area contributed by atoms with Crippen LogP contribution in [0, 0.1) is 6.92 Å². The van der Waals surface area contributed by atoms with Crippen molar-refractivity contribution < 1.29 is 4.79 Å². The molecule has 0 aliphatic carbocycles. The highest BCUT2D eigenvalue weighted by atomic mass is 32.1. The molecule has 0 saturated carbocycles. The first-order valence-electron chi connectivity index (χ1n) is 8.79. The minimum Gasteiger partial charge on any atom is -0.332 e. The normalized spacial score (nSPS) is 13.5. The Labute approximate surface area is 164 Å². The molecule has 4 aromatic rings. The molecule has 0 fully saturated rings. The van der Waals surface area contributed by atoms with Crippen molar-refractivity contribution in [2.45, 2.75) is 20.0 Å². The third kappa shape index (κ3) is 3.07. The Hall–Kier alpha value is -3.40. The first-order chi connectivity index (χ1) is 13.7. The summed E-state index contributed by atoms with van der Waals surface area (Å²) in [7, 11) is 0. The van der Waals surface area contributed by atoms with E-state index < -0.39 is 0 Å². The second-order valence-corrected chi connectivity index (χ2v) is 7.70. The highest BCUT2D eigenvalue weighted by molar-refractivity contribution is 7.14. The summed E-state index contributed by atoms with van der Waals surface area (Å²) in [4.78, 5) is 18.6. The van der Waals surface area contributed by atoms with E-state index in [1.165, 1.54) is 11.3 Å². The molecule has 5 rings (SSSR count). The topological polar surface area (TPSA) is 102 Å². The van der Waals surface area contributed by atoms with Gasteiger partial charge in [0, 0.05) is 36.4 Å². The average Bonchev–Trinajstić information content (AvgIpc) is 3.35.